The number of fused-ring (bicyclic) bond motifs is 1. The Hall–Kier alpha value is -3.38. The Kier molecular flexibility index (Phi) is 9.28. The monoisotopic (exact) mass is 660 g/mol. The number of nitrogens with zero attached hydrogens (tertiary/aromatic N) is 2. The van der Waals surface area contributed by atoms with Crippen molar-refractivity contribution in [2.75, 3.05) is 26.9 Å². The van der Waals surface area contributed by atoms with Gasteiger partial charge in [0, 0.05) is 9.13 Å². The van der Waals surface area contributed by atoms with Gasteiger partial charge in [-0.15, -0.1) is 0 Å². The van der Waals surface area contributed by atoms with E-state index in [0.29, 0.717) is 50.0 Å². The molecular weight excluding hydrogens is 631 g/mol. The fourth-order valence-corrected chi connectivity index (χ4v) is 5.96. The molecule has 4 rings (SSSR count). The van der Waals surface area contributed by atoms with E-state index in [2.05, 4.69) is 34.2 Å². The van der Waals surface area contributed by atoms with Crippen molar-refractivity contribution in [1.29, 1.82) is 0 Å². The van der Waals surface area contributed by atoms with E-state index in [1.807, 2.05) is 43.3 Å². The smallest absolute Gasteiger partial charge is 0.338 e. The molecule has 0 aliphatic carbocycles. The van der Waals surface area contributed by atoms with Crippen LogP contribution in [0.1, 0.15) is 37.9 Å². The molecule has 0 saturated carbocycles. The van der Waals surface area contributed by atoms with E-state index < -0.39 is 12.0 Å². The quantitative estimate of drug-likeness (QED) is 0.182. The summed E-state index contributed by atoms with van der Waals surface area (Å²) >= 11 is 3.44. The number of ether oxygens (including phenoxy) is 4. The molecule has 1 aliphatic heterocycles. The van der Waals surface area contributed by atoms with Crippen LogP contribution in [0.2, 0.25) is 0 Å². The van der Waals surface area contributed by atoms with Gasteiger partial charge in [-0.05, 0) is 79.3 Å². The summed E-state index contributed by atoms with van der Waals surface area (Å²) in [5.41, 5.74) is 1.98. The second kappa shape index (κ2) is 12.6. The number of hydrogen-bond acceptors (Lipinski definition) is 8. The summed E-state index contributed by atoms with van der Waals surface area (Å²) in [7, 11) is 1.57. The standard InChI is InChI=1S/C29H29IN2O6S/c1-6-13-38-26-19(14-20(30)16-22(26)35-5)15-23-27(33)32-25(18-9-11-21(12-10-18)36-7-2)24(28(34)37-8-3)17(4)31-29(32)39-23/h6,9-12,14-16,25H,1,7-8,13H2,2-5H3/b23-15-/t25-/m0/s1. The number of thiazole rings is 1. The van der Waals surface area contributed by atoms with E-state index >= 15 is 0 Å². The molecule has 0 saturated heterocycles. The molecule has 0 amide bonds. The molecule has 2 aromatic carbocycles. The number of allylic oxidation sites excluding steroid dienone is 1. The second-order valence-electron chi connectivity index (χ2n) is 8.43. The van der Waals surface area contributed by atoms with E-state index in [1.165, 1.54) is 11.3 Å². The van der Waals surface area contributed by atoms with Crippen LogP contribution < -0.4 is 29.1 Å². The van der Waals surface area contributed by atoms with Crippen LogP contribution in [0.15, 0.2) is 70.1 Å². The van der Waals surface area contributed by atoms with Crippen molar-refractivity contribution in [2.24, 2.45) is 4.99 Å². The number of methoxy groups -OCH3 is 1. The van der Waals surface area contributed by atoms with Gasteiger partial charge in [-0.3, -0.25) is 9.36 Å². The van der Waals surface area contributed by atoms with Crippen LogP contribution >= 0.6 is 33.9 Å². The highest BCUT2D eigenvalue weighted by molar-refractivity contribution is 14.1. The highest BCUT2D eigenvalue weighted by Crippen LogP contribution is 2.35. The van der Waals surface area contributed by atoms with Crippen molar-refractivity contribution < 1.29 is 23.7 Å². The van der Waals surface area contributed by atoms with Gasteiger partial charge in [-0.25, -0.2) is 9.79 Å². The zero-order valence-electron chi connectivity index (χ0n) is 22.2. The summed E-state index contributed by atoms with van der Waals surface area (Å²) < 4.78 is 25.3. The summed E-state index contributed by atoms with van der Waals surface area (Å²) in [5.74, 6) is 1.26. The summed E-state index contributed by atoms with van der Waals surface area (Å²) in [6.45, 7) is 10.2. The number of aromatic nitrogens is 1. The van der Waals surface area contributed by atoms with E-state index in [0.717, 1.165) is 9.13 Å². The van der Waals surface area contributed by atoms with Crippen molar-refractivity contribution in [3.8, 4) is 17.2 Å². The normalized spacial score (nSPS) is 14.9. The minimum atomic E-state index is -0.708. The lowest BCUT2D eigenvalue weighted by molar-refractivity contribution is -0.139. The van der Waals surface area contributed by atoms with Crippen LogP contribution in [0.5, 0.6) is 17.2 Å². The molecule has 10 heteroatoms. The largest absolute Gasteiger partial charge is 0.494 e. The number of carbonyl (C=O) groups excluding carboxylic acids is 1. The Balaban J connectivity index is 1.94. The third-order valence-corrected chi connectivity index (χ3v) is 7.53. The maximum atomic E-state index is 14.0. The molecule has 1 aromatic heterocycles. The molecule has 2 heterocycles. The van der Waals surface area contributed by atoms with Gasteiger partial charge < -0.3 is 18.9 Å². The minimum Gasteiger partial charge on any atom is -0.494 e. The molecular formula is C29H29IN2O6S. The number of halogens is 1. The Bertz CT molecular complexity index is 1600. The van der Waals surface area contributed by atoms with Crippen molar-refractivity contribution in [3.63, 3.8) is 0 Å². The van der Waals surface area contributed by atoms with Gasteiger partial charge in [0.25, 0.3) is 5.56 Å². The zero-order chi connectivity index (χ0) is 28.1. The van der Waals surface area contributed by atoms with Gasteiger partial charge >= 0.3 is 5.97 Å². The summed E-state index contributed by atoms with van der Waals surface area (Å²) in [5, 5.41) is 0. The third kappa shape index (κ3) is 5.96. The molecule has 0 bridgehead atoms. The van der Waals surface area contributed by atoms with Crippen LogP contribution in [0.25, 0.3) is 6.08 Å². The van der Waals surface area contributed by atoms with Crippen LogP contribution in [-0.2, 0) is 9.53 Å². The van der Waals surface area contributed by atoms with Gasteiger partial charge in [-0.2, -0.15) is 0 Å². The van der Waals surface area contributed by atoms with E-state index in [1.54, 1.807) is 37.7 Å². The molecule has 8 nitrogen and oxygen atoms in total. The van der Waals surface area contributed by atoms with Crippen LogP contribution in [0, 0.1) is 3.57 Å². The van der Waals surface area contributed by atoms with E-state index in [-0.39, 0.29) is 18.8 Å². The van der Waals surface area contributed by atoms with Gasteiger partial charge in [0.2, 0.25) is 0 Å². The molecule has 204 valence electrons. The molecule has 0 radical (unpaired) electrons. The Morgan fingerprint density at radius 3 is 2.56 bits per heavy atom. The number of rotatable bonds is 10. The first kappa shape index (κ1) is 28.6. The summed E-state index contributed by atoms with van der Waals surface area (Å²) in [6, 6.07) is 10.4. The first-order valence-electron chi connectivity index (χ1n) is 12.4. The van der Waals surface area contributed by atoms with Crippen molar-refractivity contribution >= 4 is 46.0 Å². The Morgan fingerprint density at radius 2 is 1.92 bits per heavy atom. The van der Waals surface area contributed by atoms with Crippen molar-refractivity contribution in [1.82, 2.24) is 4.57 Å². The number of benzene rings is 2. The predicted octanol–water partition coefficient (Wildman–Crippen LogP) is 4.38. The maximum Gasteiger partial charge on any atom is 0.338 e. The highest BCUT2D eigenvalue weighted by atomic mass is 127. The maximum absolute atomic E-state index is 14.0. The molecule has 0 fully saturated rings. The SMILES string of the molecule is C=CCOc1c(/C=c2\sc3n(c2=O)[C@@H](c2ccc(OCC)cc2)C(C(=O)OCC)=C(C)N=3)cc(I)cc1OC. The highest BCUT2D eigenvalue weighted by Gasteiger charge is 2.33. The first-order valence-corrected chi connectivity index (χ1v) is 14.3. The molecule has 3 aromatic rings. The van der Waals surface area contributed by atoms with Gasteiger partial charge in [0.15, 0.2) is 16.3 Å². The zero-order valence-corrected chi connectivity index (χ0v) is 25.1. The number of hydrogen-bond donors (Lipinski definition) is 0. The fourth-order valence-electron chi connectivity index (χ4n) is 4.31. The van der Waals surface area contributed by atoms with Gasteiger partial charge in [0.1, 0.15) is 12.4 Å². The summed E-state index contributed by atoms with van der Waals surface area (Å²) in [4.78, 5) is 32.2. The lowest BCUT2D eigenvalue weighted by atomic mass is 9.96. The van der Waals surface area contributed by atoms with Gasteiger partial charge in [0.05, 0.1) is 42.2 Å². The first-order chi connectivity index (χ1) is 18.8. The lowest BCUT2D eigenvalue weighted by Crippen LogP contribution is -2.39. The summed E-state index contributed by atoms with van der Waals surface area (Å²) in [6.07, 6.45) is 3.41. The topological polar surface area (TPSA) is 88.4 Å². The van der Waals surface area contributed by atoms with Crippen molar-refractivity contribution in [2.45, 2.75) is 26.8 Å². The second-order valence-corrected chi connectivity index (χ2v) is 10.7. The predicted molar refractivity (Wildman–Crippen MR) is 159 cm³/mol. The fraction of sp³-hybridized carbons (Fsp3) is 0.276. The average molecular weight is 661 g/mol. The van der Waals surface area contributed by atoms with Crippen molar-refractivity contribution in [3.05, 3.63) is 94.7 Å². The Labute approximate surface area is 244 Å². The molecule has 0 N–H and O–H groups in total. The number of carbonyl (C=O) groups is 1. The average Bonchev–Trinajstić information content (AvgIpc) is 3.21. The van der Waals surface area contributed by atoms with E-state index in [9.17, 15) is 9.59 Å². The molecule has 1 aliphatic rings. The molecule has 1 atom stereocenters. The molecule has 0 spiro atoms. The van der Waals surface area contributed by atoms with Gasteiger partial charge in [-0.1, -0.05) is 36.1 Å². The lowest BCUT2D eigenvalue weighted by Gasteiger charge is -2.24. The molecule has 0 unspecified atom stereocenters. The van der Waals surface area contributed by atoms with Crippen LogP contribution in [-0.4, -0.2) is 37.5 Å². The third-order valence-electron chi connectivity index (χ3n) is 5.92. The molecule has 39 heavy (non-hydrogen) atoms. The minimum absolute atomic E-state index is 0.206. The number of esters is 1. The van der Waals surface area contributed by atoms with Crippen LogP contribution in [0.3, 0.4) is 0 Å². The Morgan fingerprint density at radius 1 is 1.18 bits per heavy atom. The van der Waals surface area contributed by atoms with Crippen LogP contribution in [0.4, 0.5) is 0 Å². The van der Waals surface area contributed by atoms with E-state index in [4.69, 9.17) is 18.9 Å².